The van der Waals surface area contributed by atoms with Crippen LogP contribution in [0.15, 0.2) is 60.7 Å². The van der Waals surface area contributed by atoms with Crippen LogP contribution in [0.5, 0.6) is 11.5 Å². The summed E-state index contributed by atoms with van der Waals surface area (Å²) in [7, 11) is 3.54. The Morgan fingerprint density at radius 1 is 0.450 bits per heavy atom. The smallest absolute Gasteiger partial charge is 0.127 e. The second-order valence-corrected chi connectivity index (χ2v) is 11.4. The highest BCUT2D eigenvalue weighted by Crippen LogP contribution is 2.45. The average molecular weight is 539 g/mol. The Labute approximate surface area is 243 Å². The van der Waals surface area contributed by atoms with E-state index in [9.17, 15) is 0 Å². The van der Waals surface area contributed by atoms with E-state index in [1.54, 1.807) is 14.2 Å². The summed E-state index contributed by atoms with van der Waals surface area (Å²) < 4.78 is 11.9. The second kappa shape index (κ2) is 15.7. The molecule has 0 aromatic heterocycles. The average Bonchev–Trinajstić information content (AvgIpc) is 2.99. The molecular formula is C38H50O2. The summed E-state index contributed by atoms with van der Waals surface area (Å²) in [6.07, 6.45) is 18.2. The number of methoxy groups -OCH3 is 2. The van der Waals surface area contributed by atoms with Gasteiger partial charge in [-0.3, -0.25) is 0 Å². The lowest BCUT2D eigenvalue weighted by Crippen LogP contribution is -1.96. The van der Waals surface area contributed by atoms with Gasteiger partial charge in [-0.05, 0) is 70.5 Å². The van der Waals surface area contributed by atoms with E-state index in [0.717, 1.165) is 35.5 Å². The molecule has 4 aromatic rings. The molecular weight excluding hydrogens is 488 g/mol. The van der Waals surface area contributed by atoms with Gasteiger partial charge in [-0.15, -0.1) is 0 Å². The van der Waals surface area contributed by atoms with Crippen molar-refractivity contribution in [2.75, 3.05) is 14.2 Å². The topological polar surface area (TPSA) is 18.5 Å². The first-order valence-corrected chi connectivity index (χ1v) is 15.9. The van der Waals surface area contributed by atoms with Gasteiger partial charge in [-0.1, -0.05) is 127 Å². The van der Waals surface area contributed by atoms with Crippen molar-refractivity contribution in [3.05, 3.63) is 71.8 Å². The van der Waals surface area contributed by atoms with Gasteiger partial charge < -0.3 is 9.47 Å². The maximum atomic E-state index is 5.96. The van der Waals surface area contributed by atoms with Crippen molar-refractivity contribution >= 4 is 21.5 Å². The number of aryl methyl sites for hydroxylation is 2. The van der Waals surface area contributed by atoms with Crippen LogP contribution in [0.25, 0.3) is 32.7 Å². The van der Waals surface area contributed by atoms with Crippen LogP contribution in [0, 0.1) is 0 Å². The van der Waals surface area contributed by atoms with Crippen molar-refractivity contribution in [3.63, 3.8) is 0 Å². The van der Waals surface area contributed by atoms with Crippen LogP contribution >= 0.6 is 0 Å². The van der Waals surface area contributed by atoms with E-state index in [4.69, 9.17) is 9.47 Å². The maximum absolute atomic E-state index is 5.96. The van der Waals surface area contributed by atoms with Crippen molar-refractivity contribution in [1.29, 1.82) is 0 Å². The molecule has 0 heterocycles. The summed E-state index contributed by atoms with van der Waals surface area (Å²) in [4.78, 5) is 0. The van der Waals surface area contributed by atoms with E-state index in [-0.39, 0.29) is 0 Å². The number of unbranched alkanes of at least 4 members (excludes halogenated alkanes) is 10. The molecule has 0 aliphatic carbocycles. The molecule has 0 amide bonds. The quantitative estimate of drug-likeness (QED) is 0.124. The summed E-state index contributed by atoms with van der Waals surface area (Å²) in [5, 5.41) is 4.96. The molecule has 0 fully saturated rings. The summed E-state index contributed by atoms with van der Waals surface area (Å²) >= 11 is 0. The maximum Gasteiger partial charge on any atom is 0.127 e. The van der Waals surface area contributed by atoms with Gasteiger partial charge in [0.05, 0.1) is 14.2 Å². The zero-order chi connectivity index (χ0) is 28.2. The van der Waals surface area contributed by atoms with Crippen molar-refractivity contribution in [3.8, 4) is 22.6 Å². The van der Waals surface area contributed by atoms with E-state index in [0.29, 0.717) is 0 Å². The standard InChI is InChI=1S/C38H50O2/c1-5-7-9-11-13-15-17-29-19-23-33-31(27-29)21-25-35(39-3)37(33)38-34-24-20-30(18-16-14-12-10-8-6-2)28-32(34)22-26-36(38)40-4/h19-28H,5-18H2,1-4H3. The van der Waals surface area contributed by atoms with Gasteiger partial charge in [0.1, 0.15) is 11.5 Å². The number of ether oxygens (including phenoxy) is 2. The molecule has 0 saturated heterocycles. The Hall–Kier alpha value is -3.00. The minimum atomic E-state index is 0.887. The molecule has 4 rings (SSSR count). The largest absolute Gasteiger partial charge is 0.496 e. The van der Waals surface area contributed by atoms with E-state index in [1.807, 2.05) is 0 Å². The Bertz CT molecular complexity index is 1250. The Kier molecular flexibility index (Phi) is 11.8. The summed E-state index contributed by atoms with van der Waals surface area (Å²) in [5.41, 5.74) is 5.08. The van der Waals surface area contributed by atoms with Gasteiger partial charge in [0.2, 0.25) is 0 Å². The molecule has 0 spiro atoms. The molecule has 0 N–H and O–H groups in total. The van der Waals surface area contributed by atoms with Crippen LogP contribution in [-0.2, 0) is 12.8 Å². The Balaban J connectivity index is 1.63. The number of benzene rings is 4. The number of rotatable bonds is 17. The van der Waals surface area contributed by atoms with Gasteiger partial charge in [0.25, 0.3) is 0 Å². The van der Waals surface area contributed by atoms with E-state index in [1.165, 1.54) is 110 Å². The fourth-order valence-electron chi connectivity index (χ4n) is 6.10. The first kappa shape index (κ1) is 30.0. The highest BCUT2D eigenvalue weighted by Gasteiger charge is 2.19. The molecule has 0 aliphatic heterocycles. The first-order valence-electron chi connectivity index (χ1n) is 15.9. The molecule has 0 atom stereocenters. The summed E-state index contributed by atoms with van der Waals surface area (Å²) in [6.45, 7) is 4.56. The molecule has 4 aromatic carbocycles. The predicted molar refractivity (Wildman–Crippen MR) is 174 cm³/mol. The number of fused-ring (bicyclic) bond motifs is 2. The minimum absolute atomic E-state index is 0.887. The van der Waals surface area contributed by atoms with E-state index >= 15 is 0 Å². The van der Waals surface area contributed by atoms with Crippen molar-refractivity contribution in [2.24, 2.45) is 0 Å². The molecule has 0 radical (unpaired) electrons. The molecule has 0 bridgehead atoms. The van der Waals surface area contributed by atoms with Crippen molar-refractivity contribution in [2.45, 2.75) is 104 Å². The highest BCUT2D eigenvalue weighted by atomic mass is 16.5. The van der Waals surface area contributed by atoms with Gasteiger partial charge in [0.15, 0.2) is 0 Å². The Morgan fingerprint density at radius 2 is 0.850 bits per heavy atom. The van der Waals surface area contributed by atoms with Crippen molar-refractivity contribution < 1.29 is 9.47 Å². The monoisotopic (exact) mass is 538 g/mol. The predicted octanol–water partition coefficient (Wildman–Crippen LogP) is 11.5. The zero-order valence-electron chi connectivity index (χ0n) is 25.5. The van der Waals surface area contributed by atoms with Crippen LogP contribution in [0.1, 0.15) is 102 Å². The van der Waals surface area contributed by atoms with Gasteiger partial charge in [-0.2, -0.15) is 0 Å². The lowest BCUT2D eigenvalue weighted by atomic mass is 9.90. The van der Waals surface area contributed by atoms with E-state index in [2.05, 4.69) is 74.5 Å². The van der Waals surface area contributed by atoms with Crippen LogP contribution in [0.2, 0.25) is 0 Å². The third-order valence-electron chi connectivity index (χ3n) is 8.42. The zero-order valence-corrected chi connectivity index (χ0v) is 25.5. The molecule has 40 heavy (non-hydrogen) atoms. The fraction of sp³-hybridized carbons (Fsp3) is 0.474. The molecule has 0 saturated carbocycles. The number of hydrogen-bond donors (Lipinski definition) is 0. The number of hydrogen-bond acceptors (Lipinski definition) is 2. The molecule has 2 nitrogen and oxygen atoms in total. The molecule has 0 aliphatic rings. The summed E-state index contributed by atoms with van der Waals surface area (Å²) in [6, 6.07) is 22.6. The van der Waals surface area contributed by atoms with Gasteiger partial charge in [0, 0.05) is 11.1 Å². The second-order valence-electron chi connectivity index (χ2n) is 11.4. The van der Waals surface area contributed by atoms with Crippen LogP contribution in [0.3, 0.4) is 0 Å². The molecule has 2 heteroatoms. The lowest BCUT2D eigenvalue weighted by molar-refractivity contribution is 0.411. The lowest BCUT2D eigenvalue weighted by Gasteiger charge is -2.18. The third kappa shape index (κ3) is 7.59. The van der Waals surface area contributed by atoms with Crippen LogP contribution in [-0.4, -0.2) is 14.2 Å². The highest BCUT2D eigenvalue weighted by molar-refractivity contribution is 6.10. The Morgan fingerprint density at radius 3 is 1.25 bits per heavy atom. The SMILES string of the molecule is CCCCCCCCc1ccc2c(-c3c(OC)ccc4cc(CCCCCCCC)ccc34)c(OC)ccc2c1. The summed E-state index contributed by atoms with van der Waals surface area (Å²) in [5.74, 6) is 1.77. The third-order valence-corrected chi connectivity index (χ3v) is 8.42. The van der Waals surface area contributed by atoms with E-state index < -0.39 is 0 Å². The molecule has 0 unspecified atom stereocenters. The van der Waals surface area contributed by atoms with Crippen LogP contribution < -0.4 is 9.47 Å². The van der Waals surface area contributed by atoms with Gasteiger partial charge >= 0.3 is 0 Å². The molecule has 214 valence electrons. The fourth-order valence-corrected chi connectivity index (χ4v) is 6.10. The van der Waals surface area contributed by atoms with Gasteiger partial charge in [-0.25, -0.2) is 0 Å². The van der Waals surface area contributed by atoms with Crippen molar-refractivity contribution in [1.82, 2.24) is 0 Å². The van der Waals surface area contributed by atoms with Crippen LogP contribution in [0.4, 0.5) is 0 Å². The minimum Gasteiger partial charge on any atom is -0.496 e. The normalized spacial score (nSPS) is 11.4. The first-order chi connectivity index (χ1) is 19.7.